The average molecular weight is 279 g/mol. The fraction of sp³-hybridized carbons (Fsp3) is 0. The van der Waals surface area contributed by atoms with Crippen LogP contribution in [0.2, 0.25) is 0 Å². The molecule has 0 aliphatic heterocycles. The molecule has 0 unspecified atom stereocenters. The Balaban J connectivity index is 0. The zero-order valence-corrected chi connectivity index (χ0v) is 11.4. The van der Waals surface area contributed by atoms with Gasteiger partial charge in [0, 0.05) is 25.8 Å². The zero-order valence-electron chi connectivity index (χ0n) is 3.52. The normalized spacial score (nSPS) is 0. The predicted octanol–water partition coefficient (Wildman–Crippen LogP) is -0.568. The van der Waals surface area contributed by atoms with E-state index in [1.165, 1.54) is 0 Å². The van der Waals surface area contributed by atoms with Crippen molar-refractivity contribution in [3.8, 4) is 0 Å². The number of rotatable bonds is 0. The van der Waals surface area contributed by atoms with Crippen molar-refractivity contribution in [3.63, 3.8) is 0 Å². The molecule has 0 radical (unpaired) electrons. The van der Waals surface area contributed by atoms with Gasteiger partial charge in [-0.25, -0.2) is 0 Å². The Labute approximate surface area is 105 Å². The van der Waals surface area contributed by atoms with E-state index >= 15 is 0 Å². The molecule has 6 heavy (non-hydrogen) atoms. The van der Waals surface area contributed by atoms with Gasteiger partial charge < -0.3 is 12.3 Å². The van der Waals surface area contributed by atoms with Gasteiger partial charge in [0.25, 0.3) is 0 Å². The van der Waals surface area contributed by atoms with Crippen molar-refractivity contribution < 1.29 is 25.8 Å². The van der Waals surface area contributed by atoms with Crippen LogP contribution < -0.4 is 0 Å². The molecule has 0 aliphatic rings. The molecule has 0 saturated carbocycles. The van der Waals surface area contributed by atoms with Crippen molar-refractivity contribution in [2.75, 3.05) is 0 Å². The van der Waals surface area contributed by atoms with E-state index in [2.05, 4.69) is 0 Å². The molecule has 0 rings (SSSR count). The minimum atomic E-state index is 0. The third-order valence-corrected chi connectivity index (χ3v) is 0. The van der Waals surface area contributed by atoms with E-state index in [0.29, 0.717) is 0 Å². The molecule has 0 N–H and O–H groups in total. The van der Waals surface area contributed by atoms with Crippen molar-refractivity contribution in [1.82, 2.24) is 0 Å². The van der Waals surface area contributed by atoms with Crippen LogP contribution in [0.25, 0.3) is 12.3 Å². The van der Waals surface area contributed by atoms with Gasteiger partial charge >= 0.3 is 69.2 Å². The molecule has 0 aromatic rings. The molecule has 0 saturated heterocycles. The molecule has 2 nitrogen and oxygen atoms in total. The van der Waals surface area contributed by atoms with Gasteiger partial charge in [0.2, 0.25) is 0 Å². The first-order valence-corrected chi connectivity index (χ1v) is 0. The van der Waals surface area contributed by atoms with E-state index in [1.54, 1.807) is 0 Å². The first-order valence-electron chi connectivity index (χ1n) is 0. The predicted molar refractivity (Wildman–Crippen MR) is 24.0 cm³/mol. The standard InChI is InChI=1S/Hf.3Mg.2N/q;3*+2;2*-3. The second-order valence-corrected chi connectivity index (χ2v) is 0. The summed E-state index contributed by atoms with van der Waals surface area (Å²) in [6.45, 7) is 0. The van der Waals surface area contributed by atoms with E-state index in [1.807, 2.05) is 0 Å². The molecule has 0 bridgehead atoms. The summed E-state index contributed by atoms with van der Waals surface area (Å²) < 4.78 is 0. The van der Waals surface area contributed by atoms with Gasteiger partial charge in [0.1, 0.15) is 0 Å². The maximum absolute atomic E-state index is 0. The smallest absolute Gasteiger partial charge is 2.00 e. The summed E-state index contributed by atoms with van der Waals surface area (Å²) >= 11 is 0. The Hall–Kier alpha value is 3.09. The van der Waals surface area contributed by atoms with Crippen LogP contribution in [0.15, 0.2) is 0 Å². The minimum absolute atomic E-state index is 0. The van der Waals surface area contributed by atoms with Crippen molar-refractivity contribution in [3.05, 3.63) is 12.3 Å². The van der Waals surface area contributed by atoms with Gasteiger partial charge in [-0.1, -0.05) is 0 Å². The number of hydrogen-bond donors (Lipinski definition) is 0. The Bertz CT molecular complexity index is 8.75. The fourth-order valence-electron chi connectivity index (χ4n) is 0. The molecular weight excluding hydrogens is 279 g/mol. The third kappa shape index (κ3) is 27.5. The number of nitrogens with zero attached hydrogens (tertiary/aromatic N) is 2. The Morgan fingerprint density at radius 1 is 0.500 bits per heavy atom. The summed E-state index contributed by atoms with van der Waals surface area (Å²) in [4.78, 5) is 0. The van der Waals surface area contributed by atoms with Crippen LogP contribution >= 0.6 is 0 Å². The second kappa shape index (κ2) is 42.6. The Kier molecular flexibility index (Phi) is 443. The molecule has 0 heterocycles. The van der Waals surface area contributed by atoms with E-state index in [-0.39, 0.29) is 107 Å². The maximum Gasteiger partial charge on any atom is 2.00 e. The Morgan fingerprint density at radius 3 is 0.500 bits per heavy atom. The van der Waals surface area contributed by atoms with Gasteiger partial charge in [-0.15, -0.1) is 0 Å². The topological polar surface area (TPSA) is 61.0 Å². The van der Waals surface area contributed by atoms with Crippen LogP contribution in [0.1, 0.15) is 0 Å². The minimum Gasteiger partial charge on any atom is -3.00 e. The van der Waals surface area contributed by atoms with Gasteiger partial charge in [0.15, 0.2) is 0 Å². The summed E-state index contributed by atoms with van der Waals surface area (Å²) in [7, 11) is 0. The van der Waals surface area contributed by atoms with Crippen molar-refractivity contribution >= 4 is 69.2 Å². The van der Waals surface area contributed by atoms with Gasteiger partial charge in [0.05, 0.1) is 0 Å². The van der Waals surface area contributed by atoms with E-state index < -0.39 is 0 Å². The maximum atomic E-state index is 0. The average Bonchev–Trinajstić information content (AvgIpc) is 0. The van der Waals surface area contributed by atoms with Gasteiger partial charge in [-0.3, -0.25) is 0 Å². The van der Waals surface area contributed by atoms with Crippen molar-refractivity contribution in [2.45, 2.75) is 0 Å². The molecule has 0 atom stereocenters. The molecular formula is HfMg3N2. The molecule has 20 valence electrons. The molecule has 0 aromatic carbocycles. The molecule has 0 amide bonds. The molecule has 0 fully saturated rings. The summed E-state index contributed by atoms with van der Waals surface area (Å²) in [6, 6.07) is 0. The summed E-state index contributed by atoms with van der Waals surface area (Å²) in [6.07, 6.45) is 0. The Morgan fingerprint density at radius 2 is 0.500 bits per heavy atom. The fourth-order valence-corrected chi connectivity index (χ4v) is 0. The SMILES string of the molecule is [Hf].[Mg+2].[Mg+2].[Mg+2].[N-3].[N-3]. The van der Waals surface area contributed by atoms with Gasteiger partial charge in [-0.05, 0) is 0 Å². The third-order valence-electron chi connectivity index (χ3n) is 0. The van der Waals surface area contributed by atoms with E-state index in [0.717, 1.165) is 0 Å². The van der Waals surface area contributed by atoms with E-state index in [4.69, 9.17) is 0 Å². The van der Waals surface area contributed by atoms with Crippen LogP contribution in [0, 0.1) is 0 Å². The summed E-state index contributed by atoms with van der Waals surface area (Å²) in [5.41, 5.74) is 0. The van der Waals surface area contributed by atoms with E-state index in [9.17, 15) is 0 Å². The largest absolute Gasteiger partial charge is 3.00 e. The number of hydrogen-bond acceptors (Lipinski definition) is 0. The van der Waals surface area contributed by atoms with Crippen LogP contribution in [0.5, 0.6) is 0 Å². The van der Waals surface area contributed by atoms with Crippen LogP contribution in [-0.4, -0.2) is 69.2 Å². The van der Waals surface area contributed by atoms with Crippen LogP contribution in [0.4, 0.5) is 0 Å². The molecule has 0 aliphatic carbocycles. The summed E-state index contributed by atoms with van der Waals surface area (Å²) in [5.74, 6) is 0. The first kappa shape index (κ1) is 62.3. The first-order chi connectivity index (χ1) is 0. The van der Waals surface area contributed by atoms with Gasteiger partial charge in [-0.2, -0.15) is 0 Å². The molecule has 0 aromatic heterocycles. The second-order valence-electron chi connectivity index (χ2n) is 0. The van der Waals surface area contributed by atoms with Crippen LogP contribution in [0.3, 0.4) is 0 Å². The zero-order chi connectivity index (χ0) is 0. The van der Waals surface area contributed by atoms with Crippen LogP contribution in [-0.2, 0) is 25.8 Å². The van der Waals surface area contributed by atoms with Crippen molar-refractivity contribution in [2.24, 2.45) is 0 Å². The monoisotopic (exact) mass is 280 g/mol. The summed E-state index contributed by atoms with van der Waals surface area (Å²) in [5, 5.41) is 0. The molecule has 0 spiro atoms. The van der Waals surface area contributed by atoms with Crippen molar-refractivity contribution in [1.29, 1.82) is 0 Å². The quantitative estimate of drug-likeness (QED) is 0.533. The molecule has 6 heteroatoms.